The molecule has 0 bridgehead atoms. The largest absolute Gasteiger partial charge is 0.496 e. The van der Waals surface area contributed by atoms with Crippen LogP contribution >= 0.6 is 0 Å². The van der Waals surface area contributed by atoms with Crippen molar-refractivity contribution in [2.75, 3.05) is 17.1 Å². The molecule has 1 aromatic carbocycles. The fourth-order valence-electron chi connectivity index (χ4n) is 2.83. The molecule has 1 amide bonds. The first kappa shape index (κ1) is 22.0. The quantitative estimate of drug-likeness (QED) is 0.594. The number of amides is 1. The second-order valence-electron chi connectivity index (χ2n) is 6.73. The van der Waals surface area contributed by atoms with Crippen LogP contribution in [0.3, 0.4) is 0 Å². The molecule has 0 atom stereocenters. The maximum absolute atomic E-state index is 12.6. The van der Waals surface area contributed by atoms with Crippen LogP contribution in [0.25, 0.3) is 0 Å². The molecule has 3 aromatic rings. The smallest absolute Gasteiger partial charge is 0.263 e. The number of rotatable bonds is 6. The number of nitrogens with one attached hydrogen (secondary N) is 2. The third-order valence-electron chi connectivity index (χ3n) is 4.28. The zero-order valence-corrected chi connectivity index (χ0v) is 18.1. The molecule has 0 saturated carbocycles. The predicted molar refractivity (Wildman–Crippen MR) is 115 cm³/mol. The predicted octanol–water partition coefficient (Wildman–Crippen LogP) is 1.85. The first-order chi connectivity index (χ1) is 14.6. The molecule has 0 saturated heterocycles. The Bertz CT molecular complexity index is 1280. The highest BCUT2D eigenvalue weighted by atomic mass is 32.2. The number of aryl methyl sites for hydroxylation is 3. The van der Waals surface area contributed by atoms with Crippen LogP contribution in [0.4, 0.5) is 11.5 Å². The lowest BCUT2D eigenvalue weighted by Gasteiger charge is -2.12. The van der Waals surface area contributed by atoms with Crippen molar-refractivity contribution in [2.24, 2.45) is 7.05 Å². The molecule has 2 heterocycles. The Morgan fingerprint density at radius 1 is 1.10 bits per heavy atom. The topological polar surface area (TPSA) is 132 Å². The van der Waals surface area contributed by atoms with Gasteiger partial charge in [-0.25, -0.2) is 18.4 Å². The SMILES string of the molecule is COc1cc(=O)n(C)cc1C(=O)Nc1ccc(S(=O)(=O)Nc2cc(C)nc(C)n2)cc1. The molecule has 0 spiro atoms. The van der Waals surface area contributed by atoms with E-state index in [9.17, 15) is 18.0 Å². The van der Waals surface area contributed by atoms with Crippen molar-refractivity contribution < 1.29 is 17.9 Å². The first-order valence-electron chi connectivity index (χ1n) is 9.10. The van der Waals surface area contributed by atoms with Crippen molar-refractivity contribution in [3.05, 3.63) is 70.0 Å². The van der Waals surface area contributed by atoms with Gasteiger partial charge in [0.2, 0.25) is 0 Å². The lowest BCUT2D eigenvalue weighted by Crippen LogP contribution is -2.21. The lowest BCUT2D eigenvalue weighted by molar-refractivity contribution is 0.102. The summed E-state index contributed by atoms with van der Waals surface area (Å²) in [6.45, 7) is 3.41. The van der Waals surface area contributed by atoms with Crippen LogP contribution in [-0.2, 0) is 17.1 Å². The number of ether oxygens (including phenoxy) is 1. The first-order valence-corrected chi connectivity index (χ1v) is 10.6. The summed E-state index contributed by atoms with van der Waals surface area (Å²) < 4.78 is 34.0. The van der Waals surface area contributed by atoms with Crippen molar-refractivity contribution in [2.45, 2.75) is 18.7 Å². The minimum Gasteiger partial charge on any atom is -0.496 e. The number of carbonyl (C=O) groups is 1. The summed E-state index contributed by atoms with van der Waals surface area (Å²) in [5, 5.41) is 2.65. The molecule has 31 heavy (non-hydrogen) atoms. The van der Waals surface area contributed by atoms with E-state index in [0.29, 0.717) is 17.2 Å². The number of hydrogen-bond acceptors (Lipinski definition) is 7. The maximum Gasteiger partial charge on any atom is 0.263 e. The Balaban J connectivity index is 1.79. The summed E-state index contributed by atoms with van der Waals surface area (Å²) in [6, 6.07) is 8.37. The van der Waals surface area contributed by atoms with E-state index in [1.165, 1.54) is 61.3 Å². The van der Waals surface area contributed by atoms with E-state index in [4.69, 9.17) is 4.74 Å². The summed E-state index contributed by atoms with van der Waals surface area (Å²) in [7, 11) is -0.997. The number of pyridine rings is 1. The van der Waals surface area contributed by atoms with Gasteiger partial charge in [-0.05, 0) is 38.1 Å². The van der Waals surface area contributed by atoms with Gasteiger partial charge in [-0.1, -0.05) is 0 Å². The van der Waals surface area contributed by atoms with Gasteiger partial charge in [0.15, 0.2) is 0 Å². The van der Waals surface area contributed by atoms with Gasteiger partial charge >= 0.3 is 0 Å². The van der Waals surface area contributed by atoms with Crippen molar-refractivity contribution in [3.63, 3.8) is 0 Å². The number of methoxy groups -OCH3 is 1. The van der Waals surface area contributed by atoms with Crippen molar-refractivity contribution in [1.82, 2.24) is 14.5 Å². The van der Waals surface area contributed by atoms with Gasteiger partial charge in [-0.3, -0.25) is 14.3 Å². The van der Waals surface area contributed by atoms with Crippen LogP contribution in [0.1, 0.15) is 21.9 Å². The number of carbonyl (C=O) groups excluding carboxylic acids is 1. The van der Waals surface area contributed by atoms with Crippen LogP contribution in [0.5, 0.6) is 5.75 Å². The van der Waals surface area contributed by atoms with Gasteiger partial charge in [0.1, 0.15) is 17.4 Å². The van der Waals surface area contributed by atoms with Crippen molar-refractivity contribution in [3.8, 4) is 5.75 Å². The minimum atomic E-state index is -3.88. The van der Waals surface area contributed by atoms with Crippen LogP contribution in [0, 0.1) is 13.8 Å². The second kappa shape index (κ2) is 8.56. The highest BCUT2D eigenvalue weighted by Crippen LogP contribution is 2.20. The summed E-state index contributed by atoms with van der Waals surface area (Å²) >= 11 is 0. The molecule has 162 valence electrons. The Kier molecular flexibility index (Phi) is 6.07. The van der Waals surface area contributed by atoms with E-state index in [0.717, 1.165) is 0 Å². The molecule has 2 aromatic heterocycles. The summed E-state index contributed by atoms with van der Waals surface area (Å²) in [5.41, 5.74) is 0.854. The van der Waals surface area contributed by atoms with Crippen LogP contribution in [0.15, 0.2) is 52.3 Å². The summed E-state index contributed by atoms with van der Waals surface area (Å²) in [5.74, 6) is 0.251. The molecule has 3 rings (SSSR count). The third-order valence-corrected chi connectivity index (χ3v) is 5.65. The fraction of sp³-hybridized carbons (Fsp3) is 0.200. The highest BCUT2D eigenvalue weighted by Gasteiger charge is 2.17. The number of nitrogens with zero attached hydrogens (tertiary/aromatic N) is 3. The Morgan fingerprint density at radius 2 is 1.77 bits per heavy atom. The van der Waals surface area contributed by atoms with Gasteiger partial charge in [0.25, 0.3) is 21.5 Å². The van der Waals surface area contributed by atoms with Crippen molar-refractivity contribution >= 4 is 27.4 Å². The molecule has 0 aliphatic carbocycles. The zero-order valence-electron chi connectivity index (χ0n) is 17.3. The lowest BCUT2D eigenvalue weighted by atomic mass is 10.2. The Labute approximate surface area is 179 Å². The molecule has 10 nitrogen and oxygen atoms in total. The Morgan fingerprint density at radius 3 is 2.39 bits per heavy atom. The van der Waals surface area contributed by atoms with Gasteiger partial charge in [-0.15, -0.1) is 0 Å². The standard InChI is InChI=1S/C20H21N5O5S/c1-12-9-18(22-13(2)21-12)24-31(28,29)15-7-5-14(6-8-15)23-20(27)16-11-25(3)19(26)10-17(16)30-4/h5-11H,1-4H3,(H,23,27)(H,21,22,24). The van der Waals surface area contributed by atoms with E-state index in [1.54, 1.807) is 13.8 Å². The van der Waals surface area contributed by atoms with Gasteiger partial charge in [0.05, 0.1) is 17.6 Å². The average molecular weight is 443 g/mol. The molecular weight excluding hydrogens is 422 g/mol. The average Bonchev–Trinajstić information content (AvgIpc) is 2.68. The number of anilines is 2. The minimum absolute atomic E-state index is 0.000828. The monoisotopic (exact) mass is 443 g/mol. The molecule has 2 N–H and O–H groups in total. The maximum atomic E-state index is 12.6. The van der Waals surface area contributed by atoms with E-state index in [-0.39, 0.29) is 27.6 Å². The molecule has 0 radical (unpaired) electrons. The molecule has 0 unspecified atom stereocenters. The van der Waals surface area contributed by atoms with Crippen LogP contribution in [0.2, 0.25) is 0 Å². The van der Waals surface area contributed by atoms with Gasteiger partial charge in [0, 0.05) is 36.8 Å². The summed E-state index contributed by atoms with van der Waals surface area (Å²) in [6.07, 6.45) is 1.37. The highest BCUT2D eigenvalue weighted by molar-refractivity contribution is 7.92. The van der Waals surface area contributed by atoms with Gasteiger partial charge < -0.3 is 14.6 Å². The van der Waals surface area contributed by atoms with Crippen molar-refractivity contribution in [1.29, 1.82) is 0 Å². The molecular formula is C20H21N5O5S. The fourth-order valence-corrected chi connectivity index (χ4v) is 3.83. The van der Waals surface area contributed by atoms with E-state index in [2.05, 4.69) is 20.0 Å². The van der Waals surface area contributed by atoms with E-state index in [1.807, 2.05) is 0 Å². The van der Waals surface area contributed by atoms with Gasteiger partial charge in [-0.2, -0.15) is 0 Å². The third kappa shape index (κ3) is 5.07. The number of hydrogen-bond donors (Lipinski definition) is 2. The van der Waals surface area contributed by atoms with E-state index < -0.39 is 15.9 Å². The number of benzene rings is 1. The zero-order chi connectivity index (χ0) is 22.8. The number of sulfonamides is 1. The van der Waals surface area contributed by atoms with Crippen LogP contribution in [-0.4, -0.2) is 36.0 Å². The van der Waals surface area contributed by atoms with E-state index >= 15 is 0 Å². The molecule has 0 aliphatic rings. The second-order valence-corrected chi connectivity index (χ2v) is 8.41. The molecule has 0 aliphatic heterocycles. The van der Waals surface area contributed by atoms with Crippen LogP contribution < -0.4 is 20.3 Å². The molecule has 11 heteroatoms. The Hall–Kier alpha value is -3.73. The summed E-state index contributed by atoms with van der Waals surface area (Å²) in [4.78, 5) is 32.5. The normalized spacial score (nSPS) is 11.1. The number of aromatic nitrogens is 3. The molecule has 0 fully saturated rings.